The number of rotatable bonds is 4. The molecule has 0 aliphatic carbocycles. The molecule has 0 spiro atoms. The summed E-state index contributed by atoms with van der Waals surface area (Å²) >= 11 is 10.3. The number of pyridine rings is 2. The molecule has 0 aliphatic heterocycles. The Morgan fingerprint density at radius 1 is 0.759 bits per heavy atom. The average Bonchev–Trinajstić information content (AvgIpc) is 2.72. The van der Waals surface area contributed by atoms with Crippen LogP contribution in [-0.2, 0) is 16.7 Å². The van der Waals surface area contributed by atoms with Crippen molar-refractivity contribution in [3.63, 3.8) is 0 Å². The number of aromatic nitrogens is 2. The Balaban J connectivity index is 0.000000169. The summed E-state index contributed by atoms with van der Waals surface area (Å²) in [5.41, 5.74) is 4.09. The highest BCUT2D eigenvalue weighted by Crippen LogP contribution is 2.20. The first-order chi connectivity index (χ1) is 13.9. The fourth-order valence-electron chi connectivity index (χ4n) is 2.68. The minimum Gasteiger partial charge on any atom is -0.373 e. The van der Waals surface area contributed by atoms with Gasteiger partial charge in [-0.25, -0.2) is 0 Å². The second-order valence-electron chi connectivity index (χ2n) is 6.77. The van der Waals surface area contributed by atoms with Gasteiger partial charge in [-0.05, 0) is 62.4 Å². The lowest BCUT2D eigenvalue weighted by Gasteiger charge is -2.07. The fraction of sp³-hybridized carbons (Fsp3) is 0.217. The molecule has 2 heterocycles. The molecule has 0 amide bonds. The quantitative estimate of drug-likeness (QED) is 0.231. The number of alkyl halides is 1. The highest BCUT2D eigenvalue weighted by atomic mass is 79.9. The molecule has 150 valence electrons. The molecule has 6 heteroatoms. The highest BCUT2D eigenvalue weighted by molar-refractivity contribution is 9.10. The van der Waals surface area contributed by atoms with Gasteiger partial charge in [0, 0.05) is 25.0 Å². The zero-order valence-electron chi connectivity index (χ0n) is 16.2. The molecule has 0 saturated carbocycles. The molecule has 0 fully saturated rings. The van der Waals surface area contributed by atoms with Crippen LogP contribution >= 0.6 is 47.8 Å². The first kappa shape index (κ1) is 22.3. The summed E-state index contributed by atoms with van der Waals surface area (Å²) in [5, 5.41) is 3.11. The predicted octanol–water partition coefficient (Wildman–Crippen LogP) is 7.81. The fourth-order valence-corrected chi connectivity index (χ4v) is 3.75. The maximum atomic E-state index is 5.53. The number of fused-ring (bicyclic) bond motifs is 2. The molecule has 2 aromatic heterocycles. The first-order valence-electron chi connectivity index (χ1n) is 9.22. The molecule has 29 heavy (non-hydrogen) atoms. The van der Waals surface area contributed by atoms with Gasteiger partial charge in [0.2, 0.25) is 0 Å². The Morgan fingerprint density at radius 3 is 1.79 bits per heavy atom. The molecular formula is C23H21Br3N2O. The van der Waals surface area contributed by atoms with Crippen LogP contribution in [-0.4, -0.2) is 16.1 Å². The molecule has 2 aromatic carbocycles. The number of halogens is 3. The number of hydrogen-bond acceptors (Lipinski definition) is 3. The van der Waals surface area contributed by atoms with E-state index in [0.29, 0.717) is 6.61 Å². The van der Waals surface area contributed by atoms with E-state index < -0.39 is 0 Å². The van der Waals surface area contributed by atoms with Gasteiger partial charge in [-0.2, -0.15) is 0 Å². The van der Waals surface area contributed by atoms with Crippen LogP contribution < -0.4 is 0 Å². The molecule has 0 aliphatic rings. The average molecular weight is 581 g/mol. The normalized spacial score (nSPS) is 11.0. The van der Waals surface area contributed by atoms with Crippen molar-refractivity contribution in [3.05, 3.63) is 81.0 Å². The van der Waals surface area contributed by atoms with Gasteiger partial charge in [0.1, 0.15) is 0 Å². The van der Waals surface area contributed by atoms with Crippen LogP contribution in [0, 0.1) is 0 Å². The monoisotopic (exact) mass is 578 g/mol. The smallest absolute Gasteiger partial charge is 0.0891 e. The number of hydrogen-bond donors (Lipinski definition) is 0. The Kier molecular flexibility index (Phi) is 8.18. The third kappa shape index (κ3) is 6.57. The van der Waals surface area contributed by atoms with E-state index in [1.54, 1.807) is 0 Å². The highest BCUT2D eigenvalue weighted by Gasteiger charge is 2.01. The lowest BCUT2D eigenvalue weighted by molar-refractivity contribution is 0.0637. The molecule has 0 bridgehead atoms. The Hall–Kier alpha value is -1.34. The van der Waals surface area contributed by atoms with Gasteiger partial charge in [0.25, 0.3) is 0 Å². The van der Waals surface area contributed by atoms with E-state index in [1.807, 2.05) is 50.2 Å². The van der Waals surface area contributed by atoms with Crippen molar-refractivity contribution in [2.45, 2.75) is 31.9 Å². The molecule has 0 saturated heterocycles. The largest absolute Gasteiger partial charge is 0.373 e. The van der Waals surface area contributed by atoms with Crippen molar-refractivity contribution in [1.82, 2.24) is 9.97 Å². The lowest BCUT2D eigenvalue weighted by atomic mass is 10.2. The van der Waals surface area contributed by atoms with Crippen LogP contribution in [0.1, 0.15) is 25.2 Å². The van der Waals surface area contributed by atoms with Crippen LogP contribution in [0.4, 0.5) is 0 Å². The van der Waals surface area contributed by atoms with E-state index in [2.05, 4.69) is 82.0 Å². The van der Waals surface area contributed by atoms with Gasteiger partial charge in [0.15, 0.2) is 0 Å². The lowest BCUT2D eigenvalue weighted by Crippen LogP contribution is -2.03. The van der Waals surface area contributed by atoms with Gasteiger partial charge in [-0.15, -0.1) is 0 Å². The Bertz CT molecular complexity index is 1120. The van der Waals surface area contributed by atoms with Crippen molar-refractivity contribution < 1.29 is 4.74 Å². The van der Waals surface area contributed by atoms with Crippen LogP contribution in [0.25, 0.3) is 21.8 Å². The van der Waals surface area contributed by atoms with E-state index in [1.165, 1.54) is 5.39 Å². The summed E-state index contributed by atoms with van der Waals surface area (Å²) < 4.78 is 7.70. The third-order valence-electron chi connectivity index (χ3n) is 4.12. The summed E-state index contributed by atoms with van der Waals surface area (Å²) in [6.07, 6.45) is 0.238. The topological polar surface area (TPSA) is 35.0 Å². The van der Waals surface area contributed by atoms with Gasteiger partial charge in [-0.1, -0.05) is 59.9 Å². The Labute approximate surface area is 196 Å². The zero-order valence-corrected chi connectivity index (χ0v) is 21.0. The van der Waals surface area contributed by atoms with Crippen molar-refractivity contribution >= 4 is 69.6 Å². The van der Waals surface area contributed by atoms with E-state index in [0.717, 1.165) is 42.1 Å². The van der Waals surface area contributed by atoms with E-state index in [-0.39, 0.29) is 6.10 Å². The van der Waals surface area contributed by atoms with Crippen molar-refractivity contribution in [1.29, 1.82) is 0 Å². The molecular weight excluding hydrogens is 560 g/mol. The SMILES string of the molecule is BrCc1ccc2cc(Br)ccc2n1.CC(C)OCc1ccc2cc(Br)ccc2n1. The van der Waals surface area contributed by atoms with Gasteiger partial charge in [0.05, 0.1) is 35.1 Å². The minimum atomic E-state index is 0.238. The summed E-state index contributed by atoms with van der Waals surface area (Å²) in [4.78, 5) is 9.01. The molecule has 0 N–H and O–H groups in total. The maximum absolute atomic E-state index is 5.53. The summed E-state index contributed by atoms with van der Waals surface area (Å²) in [7, 11) is 0. The van der Waals surface area contributed by atoms with Crippen molar-refractivity contribution in [3.8, 4) is 0 Å². The summed E-state index contributed by atoms with van der Waals surface area (Å²) in [5.74, 6) is 0. The molecule has 3 nitrogen and oxygen atoms in total. The minimum absolute atomic E-state index is 0.238. The number of benzene rings is 2. The third-order valence-corrected chi connectivity index (χ3v) is 5.68. The first-order valence-corrected chi connectivity index (χ1v) is 11.9. The van der Waals surface area contributed by atoms with E-state index >= 15 is 0 Å². The number of nitrogens with zero attached hydrogens (tertiary/aromatic N) is 2. The molecule has 0 radical (unpaired) electrons. The van der Waals surface area contributed by atoms with Gasteiger partial charge < -0.3 is 4.74 Å². The number of ether oxygens (including phenoxy) is 1. The van der Waals surface area contributed by atoms with Crippen LogP contribution in [0.2, 0.25) is 0 Å². The molecule has 0 unspecified atom stereocenters. The zero-order chi connectivity index (χ0) is 20.8. The van der Waals surface area contributed by atoms with Crippen molar-refractivity contribution in [2.24, 2.45) is 0 Å². The second-order valence-corrected chi connectivity index (χ2v) is 9.16. The molecule has 4 aromatic rings. The van der Waals surface area contributed by atoms with Gasteiger partial charge in [-0.3, -0.25) is 9.97 Å². The van der Waals surface area contributed by atoms with E-state index in [9.17, 15) is 0 Å². The maximum Gasteiger partial charge on any atom is 0.0891 e. The van der Waals surface area contributed by atoms with Crippen molar-refractivity contribution in [2.75, 3.05) is 0 Å². The Morgan fingerprint density at radius 2 is 1.28 bits per heavy atom. The molecule has 4 rings (SSSR count). The predicted molar refractivity (Wildman–Crippen MR) is 131 cm³/mol. The summed E-state index contributed by atoms with van der Waals surface area (Å²) in [6, 6.07) is 20.4. The molecule has 0 atom stereocenters. The standard InChI is InChI=1S/C13H14BrNO.C10H7Br2N/c1-9(2)16-8-12-5-3-10-7-11(14)4-6-13(10)15-12;11-6-9-3-1-7-5-8(12)2-4-10(7)13-9/h3-7,9H,8H2,1-2H3;1-5H,6H2. The van der Waals surface area contributed by atoms with Crippen LogP contribution in [0.3, 0.4) is 0 Å². The van der Waals surface area contributed by atoms with Crippen LogP contribution in [0.15, 0.2) is 69.6 Å². The van der Waals surface area contributed by atoms with Crippen LogP contribution in [0.5, 0.6) is 0 Å². The van der Waals surface area contributed by atoms with E-state index in [4.69, 9.17) is 4.74 Å². The summed E-state index contributed by atoms with van der Waals surface area (Å²) in [6.45, 7) is 4.62. The van der Waals surface area contributed by atoms with Gasteiger partial charge >= 0.3 is 0 Å². The second kappa shape index (κ2) is 10.6.